The Bertz CT molecular complexity index is 511. The molecule has 1 aromatic carbocycles. The maximum Gasteiger partial charge on any atom is 0.306 e. The summed E-state index contributed by atoms with van der Waals surface area (Å²) < 4.78 is 0. The molecule has 1 aromatic rings. The fourth-order valence-electron chi connectivity index (χ4n) is 2.51. The molecule has 0 atom stereocenters. The molecule has 1 saturated carbocycles. The molecular weight excluding hydrogens is 256 g/mol. The third-order valence-electron chi connectivity index (χ3n) is 3.90. The van der Waals surface area contributed by atoms with E-state index in [9.17, 15) is 9.90 Å². The van der Waals surface area contributed by atoms with Gasteiger partial charge < -0.3 is 15.5 Å². The minimum atomic E-state index is -0.847. The van der Waals surface area contributed by atoms with E-state index < -0.39 is 11.6 Å². The van der Waals surface area contributed by atoms with Crippen molar-refractivity contribution in [2.75, 3.05) is 11.9 Å². The molecule has 1 aliphatic rings. The summed E-state index contributed by atoms with van der Waals surface area (Å²) in [6.45, 7) is 0.394. The largest absolute Gasteiger partial charge is 0.481 e. The number of carboxylic acids is 1. The van der Waals surface area contributed by atoms with Crippen molar-refractivity contribution >= 4 is 11.7 Å². The van der Waals surface area contributed by atoms with E-state index in [1.54, 1.807) is 24.3 Å². The zero-order chi connectivity index (χ0) is 14.6. The first kappa shape index (κ1) is 14.4. The fraction of sp³-hybridized carbons (Fsp3) is 0.467. The lowest BCUT2D eigenvalue weighted by atomic mass is 9.79. The van der Waals surface area contributed by atoms with E-state index in [0.717, 1.165) is 5.69 Å². The number of aliphatic carboxylic acids is 1. The highest BCUT2D eigenvalue weighted by Gasteiger charge is 2.35. The molecule has 3 N–H and O–H groups in total. The van der Waals surface area contributed by atoms with Crippen LogP contribution in [0.5, 0.6) is 0 Å². The van der Waals surface area contributed by atoms with Crippen LogP contribution >= 0.6 is 0 Å². The molecule has 0 aromatic heterocycles. The zero-order valence-corrected chi connectivity index (χ0v) is 11.2. The number of aliphatic hydroxyl groups is 1. The first-order valence-electron chi connectivity index (χ1n) is 6.72. The Kier molecular flexibility index (Phi) is 4.26. The van der Waals surface area contributed by atoms with Gasteiger partial charge in [-0.15, -0.1) is 0 Å². The monoisotopic (exact) mass is 274 g/mol. The highest BCUT2D eigenvalue weighted by molar-refractivity contribution is 5.70. The lowest BCUT2D eigenvalue weighted by Crippen LogP contribution is -2.41. The summed E-state index contributed by atoms with van der Waals surface area (Å²) >= 11 is 0. The number of carboxylic acid groups (broad SMARTS) is 1. The molecule has 2 rings (SSSR count). The van der Waals surface area contributed by atoms with Gasteiger partial charge in [-0.05, 0) is 49.9 Å². The predicted octanol–water partition coefficient (Wildman–Crippen LogP) is 1.98. The molecule has 0 unspecified atom stereocenters. The number of anilines is 1. The van der Waals surface area contributed by atoms with Crippen molar-refractivity contribution in [1.82, 2.24) is 0 Å². The summed E-state index contributed by atoms with van der Waals surface area (Å²) in [4.78, 5) is 10.9. The predicted molar refractivity (Wildman–Crippen MR) is 74.2 cm³/mol. The summed E-state index contributed by atoms with van der Waals surface area (Å²) in [7, 11) is 0. The smallest absolute Gasteiger partial charge is 0.306 e. The number of hydrogen-bond donors (Lipinski definition) is 3. The number of benzene rings is 1. The Morgan fingerprint density at radius 3 is 2.45 bits per heavy atom. The molecule has 1 fully saturated rings. The first-order valence-corrected chi connectivity index (χ1v) is 6.72. The van der Waals surface area contributed by atoms with Crippen LogP contribution in [-0.2, 0) is 4.79 Å². The number of nitriles is 1. The van der Waals surface area contributed by atoms with Crippen LogP contribution in [0.25, 0.3) is 0 Å². The fourth-order valence-corrected chi connectivity index (χ4v) is 2.51. The minimum absolute atomic E-state index is 0.329. The van der Waals surface area contributed by atoms with Crippen LogP contribution in [0.1, 0.15) is 31.2 Å². The Labute approximate surface area is 117 Å². The number of nitrogens with one attached hydrogen (secondary N) is 1. The van der Waals surface area contributed by atoms with Crippen molar-refractivity contribution in [3.63, 3.8) is 0 Å². The van der Waals surface area contributed by atoms with Crippen molar-refractivity contribution in [3.05, 3.63) is 29.8 Å². The van der Waals surface area contributed by atoms with Gasteiger partial charge in [0.1, 0.15) is 0 Å². The lowest BCUT2D eigenvalue weighted by Gasteiger charge is -2.35. The Morgan fingerprint density at radius 1 is 1.35 bits per heavy atom. The first-order chi connectivity index (χ1) is 9.52. The third kappa shape index (κ3) is 3.49. The summed E-state index contributed by atoms with van der Waals surface area (Å²) in [5.74, 6) is -1.10. The number of rotatable bonds is 4. The average molecular weight is 274 g/mol. The van der Waals surface area contributed by atoms with Gasteiger partial charge in [0.05, 0.1) is 23.2 Å². The maximum absolute atomic E-state index is 10.9. The molecule has 20 heavy (non-hydrogen) atoms. The van der Waals surface area contributed by atoms with Crippen molar-refractivity contribution in [2.24, 2.45) is 5.92 Å². The van der Waals surface area contributed by atoms with Crippen LogP contribution < -0.4 is 5.32 Å². The SMILES string of the molecule is N#Cc1ccc(NCC2(O)CCC(C(=O)O)CC2)cc1. The molecule has 0 saturated heterocycles. The standard InChI is InChI=1S/C15H18N2O3/c16-9-11-1-3-13(4-2-11)17-10-15(20)7-5-12(6-8-15)14(18)19/h1-4,12,17,20H,5-8,10H2,(H,18,19). The molecule has 1 aliphatic carbocycles. The maximum atomic E-state index is 10.9. The second-order valence-corrected chi connectivity index (χ2v) is 5.38. The van der Waals surface area contributed by atoms with Crippen LogP contribution in [0.4, 0.5) is 5.69 Å². The molecule has 0 spiro atoms. The van der Waals surface area contributed by atoms with Gasteiger partial charge in [0.15, 0.2) is 0 Å². The lowest BCUT2D eigenvalue weighted by molar-refractivity contribution is -0.144. The van der Waals surface area contributed by atoms with Gasteiger partial charge in [0, 0.05) is 12.2 Å². The van der Waals surface area contributed by atoms with Crippen LogP contribution in [0, 0.1) is 17.2 Å². The Hall–Kier alpha value is -2.06. The molecule has 0 amide bonds. The van der Waals surface area contributed by atoms with E-state index in [2.05, 4.69) is 5.32 Å². The van der Waals surface area contributed by atoms with Crippen LogP contribution in [0.3, 0.4) is 0 Å². The molecule has 0 aliphatic heterocycles. The second kappa shape index (κ2) is 5.93. The number of hydrogen-bond acceptors (Lipinski definition) is 4. The molecule has 106 valence electrons. The van der Waals surface area contributed by atoms with Gasteiger partial charge in [-0.2, -0.15) is 5.26 Å². The molecule has 0 bridgehead atoms. The molecule has 5 heteroatoms. The molecule has 0 heterocycles. The zero-order valence-electron chi connectivity index (χ0n) is 11.2. The van der Waals surface area contributed by atoms with Gasteiger partial charge in [-0.25, -0.2) is 0 Å². The highest BCUT2D eigenvalue weighted by atomic mass is 16.4. The van der Waals surface area contributed by atoms with E-state index in [4.69, 9.17) is 10.4 Å². The van der Waals surface area contributed by atoms with Crippen molar-refractivity contribution in [2.45, 2.75) is 31.3 Å². The quantitative estimate of drug-likeness (QED) is 0.780. The second-order valence-electron chi connectivity index (χ2n) is 5.38. The minimum Gasteiger partial charge on any atom is -0.481 e. The molecule has 0 radical (unpaired) electrons. The number of carbonyl (C=O) groups is 1. The van der Waals surface area contributed by atoms with Crippen LogP contribution in [0.15, 0.2) is 24.3 Å². The summed E-state index contributed by atoms with van der Waals surface area (Å²) in [6.07, 6.45) is 2.02. The Morgan fingerprint density at radius 2 is 1.95 bits per heavy atom. The van der Waals surface area contributed by atoms with E-state index in [-0.39, 0.29) is 5.92 Å². The molecular formula is C15H18N2O3. The van der Waals surface area contributed by atoms with Gasteiger partial charge in [0.2, 0.25) is 0 Å². The van der Waals surface area contributed by atoms with E-state index >= 15 is 0 Å². The van der Waals surface area contributed by atoms with Gasteiger partial charge in [0.25, 0.3) is 0 Å². The summed E-state index contributed by atoms with van der Waals surface area (Å²) in [5.41, 5.74) is 0.592. The van der Waals surface area contributed by atoms with E-state index in [1.807, 2.05) is 6.07 Å². The van der Waals surface area contributed by atoms with Crippen molar-refractivity contribution in [3.8, 4) is 6.07 Å². The Balaban J connectivity index is 1.87. The topological polar surface area (TPSA) is 93.4 Å². The van der Waals surface area contributed by atoms with Crippen molar-refractivity contribution < 1.29 is 15.0 Å². The van der Waals surface area contributed by atoms with Gasteiger partial charge >= 0.3 is 5.97 Å². The normalized spacial score (nSPS) is 25.7. The highest BCUT2D eigenvalue weighted by Crippen LogP contribution is 2.32. The van der Waals surface area contributed by atoms with Crippen molar-refractivity contribution in [1.29, 1.82) is 5.26 Å². The van der Waals surface area contributed by atoms with Crippen LogP contribution in [0.2, 0.25) is 0 Å². The average Bonchev–Trinajstić information content (AvgIpc) is 2.46. The van der Waals surface area contributed by atoms with E-state index in [0.29, 0.717) is 37.8 Å². The van der Waals surface area contributed by atoms with Gasteiger partial charge in [-0.3, -0.25) is 4.79 Å². The molecule has 5 nitrogen and oxygen atoms in total. The summed E-state index contributed by atoms with van der Waals surface area (Å²) in [6, 6.07) is 9.07. The van der Waals surface area contributed by atoms with E-state index in [1.165, 1.54) is 0 Å². The van der Waals surface area contributed by atoms with Gasteiger partial charge in [-0.1, -0.05) is 0 Å². The third-order valence-corrected chi connectivity index (χ3v) is 3.90. The van der Waals surface area contributed by atoms with Crippen LogP contribution in [-0.4, -0.2) is 28.3 Å². The number of nitrogens with zero attached hydrogens (tertiary/aromatic N) is 1. The summed E-state index contributed by atoms with van der Waals surface area (Å²) in [5, 5.41) is 31.2.